The van der Waals surface area contributed by atoms with E-state index in [0.29, 0.717) is 13.2 Å². The van der Waals surface area contributed by atoms with E-state index in [0.717, 1.165) is 24.2 Å². The van der Waals surface area contributed by atoms with E-state index in [9.17, 15) is 4.79 Å². The van der Waals surface area contributed by atoms with E-state index >= 15 is 0 Å². The van der Waals surface area contributed by atoms with E-state index in [1.165, 1.54) is 17.5 Å². The van der Waals surface area contributed by atoms with Crippen molar-refractivity contribution in [3.8, 4) is 5.75 Å². The molecule has 0 unspecified atom stereocenters. The quantitative estimate of drug-likeness (QED) is 0.260. The average Bonchev–Trinajstić information content (AvgIpc) is 2.73. The fourth-order valence-electron chi connectivity index (χ4n) is 3.08. The highest BCUT2D eigenvalue weighted by molar-refractivity contribution is 6.95. The molecule has 0 aliphatic heterocycles. The Balaban J connectivity index is 1.94. The highest BCUT2D eigenvalue weighted by atomic mass is 28.3. The minimum Gasteiger partial charge on any atom is -0.497 e. The van der Waals surface area contributed by atoms with Gasteiger partial charge in [0, 0.05) is 12.7 Å². The first-order chi connectivity index (χ1) is 13.5. The molecule has 0 saturated carbocycles. The van der Waals surface area contributed by atoms with Crippen molar-refractivity contribution in [2.45, 2.75) is 32.5 Å². The van der Waals surface area contributed by atoms with Gasteiger partial charge in [0.1, 0.15) is 13.8 Å². The molecule has 2 rings (SSSR count). The lowest BCUT2D eigenvalue weighted by molar-refractivity contribution is -0.134. The molecule has 0 fully saturated rings. The van der Waals surface area contributed by atoms with Crippen molar-refractivity contribution in [1.82, 2.24) is 0 Å². The molecule has 2 aromatic rings. The molecule has 2 aromatic carbocycles. The number of carbonyl (C=O) groups excluding carboxylic acids is 1. The lowest BCUT2D eigenvalue weighted by Crippen LogP contribution is -2.44. The second-order valence-corrected chi connectivity index (χ2v) is 11.7. The maximum Gasteiger partial charge on any atom is 0.330 e. The second-order valence-electron chi connectivity index (χ2n) is 7.19. The average molecular weight is 399 g/mol. The molecule has 28 heavy (non-hydrogen) atoms. The lowest BCUT2D eigenvalue weighted by Gasteiger charge is -2.27. The predicted octanol–water partition coefficient (Wildman–Crippen LogP) is 4.25. The van der Waals surface area contributed by atoms with Gasteiger partial charge in [-0.15, -0.1) is 0 Å². The fourth-order valence-corrected chi connectivity index (χ4v) is 5.76. The molecule has 0 aliphatic rings. The van der Waals surface area contributed by atoms with Crippen molar-refractivity contribution >= 4 is 19.2 Å². The van der Waals surface area contributed by atoms with E-state index in [1.54, 1.807) is 13.2 Å². The van der Waals surface area contributed by atoms with Gasteiger partial charge in [-0.3, -0.25) is 0 Å². The molecule has 0 aromatic heterocycles. The number of carbonyl (C=O) groups is 1. The van der Waals surface area contributed by atoms with Gasteiger partial charge in [-0.1, -0.05) is 65.9 Å². The highest BCUT2D eigenvalue weighted by Gasteiger charge is 2.28. The van der Waals surface area contributed by atoms with Crippen LogP contribution in [0.25, 0.3) is 0 Å². The normalized spacial score (nSPS) is 11.9. The third-order valence-electron chi connectivity index (χ3n) is 4.95. The number of ether oxygens (including phenoxy) is 3. The molecular weight excluding hydrogens is 368 g/mol. The molecule has 4 nitrogen and oxygen atoms in total. The molecule has 0 aliphatic carbocycles. The van der Waals surface area contributed by atoms with Crippen LogP contribution in [0.3, 0.4) is 0 Å². The first kappa shape index (κ1) is 21.9. The number of esters is 1. The summed E-state index contributed by atoms with van der Waals surface area (Å²) in [5, 5.41) is 2.49. The topological polar surface area (TPSA) is 44.8 Å². The Kier molecular flexibility index (Phi) is 8.48. The van der Waals surface area contributed by atoms with Crippen molar-refractivity contribution < 1.29 is 19.0 Å². The molecule has 5 heteroatoms. The molecule has 150 valence electrons. The van der Waals surface area contributed by atoms with Gasteiger partial charge in [-0.2, -0.15) is 0 Å². The van der Waals surface area contributed by atoms with E-state index < -0.39 is 8.07 Å². The molecule has 0 amide bonds. The van der Waals surface area contributed by atoms with Crippen molar-refractivity contribution in [1.29, 1.82) is 0 Å². The molecule has 0 N–H and O–H groups in total. The molecule has 0 radical (unpaired) electrons. The van der Waals surface area contributed by atoms with Crippen molar-refractivity contribution in [3.63, 3.8) is 0 Å². The van der Waals surface area contributed by atoms with Gasteiger partial charge in [0.05, 0.1) is 20.8 Å². The maximum atomic E-state index is 11.9. The molecule has 0 bridgehead atoms. The second kappa shape index (κ2) is 10.8. The van der Waals surface area contributed by atoms with E-state index in [1.807, 2.05) is 30.3 Å². The number of rotatable bonds is 10. The van der Waals surface area contributed by atoms with Crippen LogP contribution in [0.1, 0.15) is 18.4 Å². The summed E-state index contributed by atoms with van der Waals surface area (Å²) in [5.74, 6) is 0.556. The zero-order chi connectivity index (χ0) is 20.4. The van der Waals surface area contributed by atoms with Crippen LogP contribution < -0.4 is 9.92 Å². The number of methoxy groups -OCH3 is 2. The number of benzene rings is 2. The van der Waals surface area contributed by atoms with Crippen LogP contribution in [-0.2, 0) is 20.9 Å². The smallest absolute Gasteiger partial charge is 0.330 e. The standard InChI is InChI=1S/C23H30O4Si/c1-25-20-14-12-19(13-15-20)18-27-16-8-11-22(17-23(24)26-2)28(3,4)21-9-6-5-7-10-21/h5-7,9-10,12-15,17H,8,11,16,18H2,1-4H3/b22-17+. The lowest BCUT2D eigenvalue weighted by atomic mass is 10.2. The Hall–Kier alpha value is -2.37. The van der Waals surface area contributed by atoms with E-state index in [-0.39, 0.29) is 5.97 Å². The van der Waals surface area contributed by atoms with Gasteiger partial charge in [0.2, 0.25) is 0 Å². The van der Waals surface area contributed by atoms with Crippen LogP contribution >= 0.6 is 0 Å². The maximum absolute atomic E-state index is 11.9. The van der Waals surface area contributed by atoms with Crippen LogP contribution in [-0.4, -0.2) is 34.9 Å². The van der Waals surface area contributed by atoms with Crippen molar-refractivity contribution in [2.75, 3.05) is 20.8 Å². The third-order valence-corrected chi connectivity index (χ3v) is 8.73. The minimum absolute atomic E-state index is 0.286. The van der Waals surface area contributed by atoms with Gasteiger partial charge in [-0.05, 0) is 30.5 Å². The van der Waals surface area contributed by atoms with Gasteiger partial charge < -0.3 is 14.2 Å². The summed E-state index contributed by atoms with van der Waals surface area (Å²) in [6.07, 6.45) is 3.37. The fraction of sp³-hybridized carbons (Fsp3) is 0.348. The van der Waals surface area contributed by atoms with Crippen LogP contribution in [0, 0.1) is 0 Å². The van der Waals surface area contributed by atoms with Crippen molar-refractivity contribution in [2.24, 2.45) is 0 Å². The number of hydrogen-bond acceptors (Lipinski definition) is 4. The molecule has 0 heterocycles. The summed E-state index contributed by atoms with van der Waals surface area (Å²) >= 11 is 0. The zero-order valence-corrected chi connectivity index (χ0v) is 18.2. The Morgan fingerprint density at radius 2 is 1.68 bits per heavy atom. The molecule has 0 atom stereocenters. The first-order valence-corrected chi connectivity index (χ1v) is 12.5. The highest BCUT2D eigenvalue weighted by Crippen LogP contribution is 2.21. The Morgan fingerprint density at radius 1 is 1.00 bits per heavy atom. The van der Waals surface area contributed by atoms with Gasteiger partial charge in [-0.25, -0.2) is 4.79 Å². The SMILES string of the molecule is COC(=O)/C=C(\CCCOCc1ccc(OC)cc1)[Si](C)(C)c1ccccc1. The Labute approximate surface area is 169 Å². The molecular formula is C23H30O4Si. The van der Waals surface area contributed by atoms with E-state index in [2.05, 4.69) is 37.4 Å². The van der Waals surface area contributed by atoms with Crippen LogP contribution in [0.15, 0.2) is 65.9 Å². The summed E-state index contributed by atoms with van der Waals surface area (Å²) in [5.41, 5.74) is 1.12. The Morgan fingerprint density at radius 3 is 2.29 bits per heavy atom. The largest absolute Gasteiger partial charge is 0.497 e. The Bertz CT molecular complexity index is 767. The zero-order valence-electron chi connectivity index (χ0n) is 17.2. The predicted molar refractivity (Wildman–Crippen MR) is 116 cm³/mol. The van der Waals surface area contributed by atoms with Crippen LogP contribution in [0.4, 0.5) is 0 Å². The monoisotopic (exact) mass is 398 g/mol. The molecule has 0 saturated heterocycles. The summed E-state index contributed by atoms with van der Waals surface area (Å²) in [7, 11) is 1.15. The molecule has 0 spiro atoms. The minimum atomic E-state index is -1.93. The number of allylic oxidation sites excluding steroid dienone is 1. The van der Waals surface area contributed by atoms with Gasteiger partial charge >= 0.3 is 5.97 Å². The summed E-state index contributed by atoms with van der Waals surface area (Å²) in [6, 6.07) is 18.3. The summed E-state index contributed by atoms with van der Waals surface area (Å²) in [6.45, 7) is 5.76. The first-order valence-electron chi connectivity index (χ1n) is 9.52. The van der Waals surface area contributed by atoms with Crippen LogP contribution in [0.2, 0.25) is 13.1 Å². The van der Waals surface area contributed by atoms with Crippen molar-refractivity contribution in [3.05, 3.63) is 71.4 Å². The van der Waals surface area contributed by atoms with E-state index in [4.69, 9.17) is 14.2 Å². The summed E-state index contributed by atoms with van der Waals surface area (Å²) < 4.78 is 15.9. The van der Waals surface area contributed by atoms with Gasteiger partial charge in [0.25, 0.3) is 0 Å². The number of hydrogen-bond donors (Lipinski definition) is 0. The third kappa shape index (κ3) is 6.36. The summed E-state index contributed by atoms with van der Waals surface area (Å²) in [4.78, 5) is 11.9. The van der Waals surface area contributed by atoms with Crippen LogP contribution in [0.5, 0.6) is 5.75 Å². The van der Waals surface area contributed by atoms with Gasteiger partial charge in [0.15, 0.2) is 0 Å².